The van der Waals surface area contributed by atoms with Crippen LogP contribution in [0.4, 0.5) is 0 Å². The standard InChI is InChI=1S/C13H26O3/c1-3-4-9-15-10-7-5-6-8-11-16-12-13(2)14/h3-12H2,1-2H3. The Balaban J connectivity index is 2.90. The molecule has 0 N–H and O–H groups in total. The highest BCUT2D eigenvalue weighted by molar-refractivity contribution is 5.76. The highest BCUT2D eigenvalue weighted by Crippen LogP contribution is 2.01. The highest BCUT2D eigenvalue weighted by atomic mass is 16.5. The van der Waals surface area contributed by atoms with Gasteiger partial charge in [0.2, 0.25) is 0 Å². The van der Waals surface area contributed by atoms with E-state index >= 15 is 0 Å². The van der Waals surface area contributed by atoms with Crippen LogP contribution in [0.5, 0.6) is 0 Å². The molecule has 0 aromatic carbocycles. The Morgan fingerprint density at radius 3 is 2.00 bits per heavy atom. The Morgan fingerprint density at radius 1 is 0.875 bits per heavy atom. The minimum atomic E-state index is 0.101. The van der Waals surface area contributed by atoms with Gasteiger partial charge in [-0.3, -0.25) is 4.79 Å². The molecule has 0 saturated heterocycles. The molecule has 0 aromatic heterocycles. The van der Waals surface area contributed by atoms with Crippen molar-refractivity contribution >= 4 is 5.78 Å². The molecular weight excluding hydrogens is 204 g/mol. The van der Waals surface area contributed by atoms with Crippen LogP contribution < -0.4 is 0 Å². The van der Waals surface area contributed by atoms with Gasteiger partial charge in [0.1, 0.15) is 6.61 Å². The van der Waals surface area contributed by atoms with Crippen LogP contribution in [-0.4, -0.2) is 32.2 Å². The summed E-state index contributed by atoms with van der Waals surface area (Å²) in [5.74, 6) is 0.101. The first-order valence-corrected chi connectivity index (χ1v) is 6.42. The molecular formula is C13H26O3. The van der Waals surface area contributed by atoms with Crippen molar-refractivity contribution in [3.63, 3.8) is 0 Å². The summed E-state index contributed by atoms with van der Waals surface area (Å²) in [4.78, 5) is 10.6. The van der Waals surface area contributed by atoms with E-state index in [2.05, 4.69) is 6.92 Å². The van der Waals surface area contributed by atoms with Crippen LogP contribution in [0.3, 0.4) is 0 Å². The van der Waals surface area contributed by atoms with Crippen LogP contribution in [0.25, 0.3) is 0 Å². The Labute approximate surface area is 99.5 Å². The summed E-state index contributed by atoms with van der Waals surface area (Å²) in [6.45, 7) is 6.47. The summed E-state index contributed by atoms with van der Waals surface area (Å²) >= 11 is 0. The summed E-state index contributed by atoms with van der Waals surface area (Å²) < 4.78 is 10.6. The molecule has 3 nitrogen and oxygen atoms in total. The lowest BCUT2D eigenvalue weighted by atomic mass is 10.2. The second kappa shape index (κ2) is 12.7. The largest absolute Gasteiger partial charge is 0.381 e. The lowest BCUT2D eigenvalue weighted by Gasteiger charge is -2.04. The van der Waals surface area contributed by atoms with E-state index in [4.69, 9.17) is 9.47 Å². The third-order valence-corrected chi connectivity index (χ3v) is 2.27. The molecule has 0 bridgehead atoms. The van der Waals surface area contributed by atoms with E-state index in [9.17, 15) is 4.79 Å². The summed E-state index contributed by atoms with van der Waals surface area (Å²) in [5, 5.41) is 0. The molecule has 0 aliphatic heterocycles. The van der Waals surface area contributed by atoms with Crippen molar-refractivity contribution in [2.24, 2.45) is 0 Å². The fourth-order valence-electron chi connectivity index (χ4n) is 1.33. The Morgan fingerprint density at radius 2 is 1.44 bits per heavy atom. The molecule has 0 fully saturated rings. The maximum absolute atomic E-state index is 10.6. The lowest BCUT2D eigenvalue weighted by Crippen LogP contribution is -2.05. The van der Waals surface area contributed by atoms with Gasteiger partial charge in [0, 0.05) is 19.8 Å². The highest BCUT2D eigenvalue weighted by Gasteiger charge is 1.94. The number of ketones is 1. The first-order chi connectivity index (χ1) is 7.77. The van der Waals surface area contributed by atoms with Gasteiger partial charge in [-0.25, -0.2) is 0 Å². The van der Waals surface area contributed by atoms with Crippen LogP contribution in [0.2, 0.25) is 0 Å². The first-order valence-electron chi connectivity index (χ1n) is 6.42. The van der Waals surface area contributed by atoms with E-state index < -0.39 is 0 Å². The number of carbonyl (C=O) groups is 1. The van der Waals surface area contributed by atoms with Crippen LogP contribution in [0.15, 0.2) is 0 Å². The minimum absolute atomic E-state index is 0.101. The summed E-state index contributed by atoms with van der Waals surface area (Å²) in [6.07, 6.45) is 6.90. The van der Waals surface area contributed by atoms with Crippen LogP contribution in [0.1, 0.15) is 52.4 Å². The van der Waals surface area contributed by atoms with E-state index in [1.54, 1.807) is 6.92 Å². The number of carbonyl (C=O) groups excluding carboxylic acids is 1. The van der Waals surface area contributed by atoms with E-state index in [-0.39, 0.29) is 12.4 Å². The second-order valence-corrected chi connectivity index (χ2v) is 4.13. The summed E-state index contributed by atoms with van der Waals surface area (Å²) in [7, 11) is 0. The fourth-order valence-corrected chi connectivity index (χ4v) is 1.33. The molecule has 3 heteroatoms. The quantitative estimate of drug-likeness (QED) is 0.483. The number of rotatable bonds is 12. The van der Waals surface area contributed by atoms with Crippen LogP contribution in [0, 0.1) is 0 Å². The molecule has 0 aromatic rings. The van der Waals surface area contributed by atoms with Crippen molar-refractivity contribution in [3.8, 4) is 0 Å². The Bertz CT molecular complexity index is 157. The molecule has 96 valence electrons. The van der Waals surface area contributed by atoms with Gasteiger partial charge in [-0.15, -0.1) is 0 Å². The number of unbranched alkanes of at least 4 members (excludes halogenated alkanes) is 4. The van der Waals surface area contributed by atoms with Gasteiger partial charge >= 0.3 is 0 Å². The van der Waals surface area contributed by atoms with Crippen molar-refractivity contribution in [2.75, 3.05) is 26.4 Å². The third-order valence-electron chi connectivity index (χ3n) is 2.27. The number of ether oxygens (including phenoxy) is 2. The van der Waals surface area contributed by atoms with Gasteiger partial charge in [-0.05, 0) is 26.2 Å². The maximum atomic E-state index is 10.6. The molecule has 0 rings (SSSR count). The predicted octanol–water partition coefficient (Wildman–Crippen LogP) is 2.97. The zero-order valence-electron chi connectivity index (χ0n) is 10.8. The Hall–Kier alpha value is -0.410. The lowest BCUT2D eigenvalue weighted by molar-refractivity contribution is -0.121. The summed E-state index contributed by atoms with van der Waals surface area (Å²) in [6, 6.07) is 0. The second-order valence-electron chi connectivity index (χ2n) is 4.13. The smallest absolute Gasteiger partial charge is 0.155 e. The normalized spacial score (nSPS) is 10.6. The van der Waals surface area contributed by atoms with E-state index in [1.807, 2.05) is 0 Å². The number of hydrogen-bond donors (Lipinski definition) is 0. The molecule has 0 amide bonds. The van der Waals surface area contributed by atoms with Gasteiger partial charge in [0.15, 0.2) is 5.78 Å². The van der Waals surface area contributed by atoms with Crippen molar-refractivity contribution in [1.82, 2.24) is 0 Å². The Kier molecular flexibility index (Phi) is 12.3. The maximum Gasteiger partial charge on any atom is 0.155 e. The van der Waals surface area contributed by atoms with E-state index in [1.165, 1.54) is 19.3 Å². The van der Waals surface area contributed by atoms with E-state index in [0.29, 0.717) is 6.61 Å². The van der Waals surface area contributed by atoms with Gasteiger partial charge in [0.25, 0.3) is 0 Å². The molecule has 0 aliphatic rings. The van der Waals surface area contributed by atoms with Crippen molar-refractivity contribution in [1.29, 1.82) is 0 Å². The molecule has 16 heavy (non-hydrogen) atoms. The predicted molar refractivity (Wildman–Crippen MR) is 65.7 cm³/mol. The minimum Gasteiger partial charge on any atom is -0.381 e. The zero-order chi connectivity index (χ0) is 12.1. The SMILES string of the molecule is CCCCOCCCCCCOCC(C)=O. The monoisotopic (exact) mass is 230 g/mol. The fraction of sp³-hybridized carbons (Fsp3) is 0.923. The molecule has 0 spiro atoms. The molecule has 0 unspecified atom stereocenters. The number of hydrogen-bond acceptors (Lipinski definition) is 3. The third kappa shape index (κ3) is 13.6. The van der Waals surface area contributed by atoms with E-state index in [0.717, 1.165) is 32.5 Å². The van der Waals surface area contributed by atoms with Gasteiger partial charge in [-0.1, -0.05) is 26.2 Å². The van der Waals surface area contributed by atoms with Crippen LogP contribution in [-0.2, 0) is 14.3 Å². The van der Waals surface area contributed by atoms with Gasteiger partial charge < -0.3 is 9.47 Å². The van der Waals surface area contributed by atoms with Gasteiger partial charge in [-0.2, -0.15) is 0 Å². The summed E-state index contributed by atoms with van der Waals surface area (Å²) in [5.41, 5.74) is 0. The van der Waals surface area contributed by atoms with Gasteiger partial charge in [0.05, 0.1) is 0 Å². The number of Topliss-reactive ketones (excluding diaryl/α,β-unsaturated/α-hetero) is 1. The molecule has 0 aliphatic carbocycles. The van der Waals surface area contributed by atoms with Crippen molar-refractivity contribution < 1.29 is 14.3 Å². The topological polar surface area (TPSA) is 35.5 Å². The zero-order valence-corrected chi connectivity index (χ0v) is 10.8. The van der Waals surface area contributed by atoms with Crippen molar-refractivity contribution in [3.05, 3.63) is 0 Å². The molecule has 0 radical (unpaired) electrons. The first kappa shape index (κ1) is 15.6. The molecule has 0 atom stereocenters. The average Bonchev–Trinajstić information content (AvgIpc) is 2.25. The molecule has 0 heterocycles. The molecule has 0 saturated carbocycles. The van der Waals surface area contributed by atoms with Crippen LogP contribution >= 0.6 is 0 Å². The van der Waals surface area contributed by atoms with Crippen molar-refractivity contribution in [2.45, 2.75) is 52.4 Å². The average molecular weight is 230 g/mol.